The number of piperidine rings is 1. The van der Waals surface area contributed by atoms with Gasteiger partial charge in [0.15, 0.2) is 0 Å². The molecule has 1 aromatic heterocycles. The minimum absolute atomic E-state index is 0.0227. The average Bonchev–Trinajstić information content (AvgIpc) is 3.01. The molecular formula is C17H28N4. The highest BCUT2D eigenvalue weighted by molar-refractivity contribution is 5.44. The number of nitrogens with two attached hydrogens (primary N) is 2. The Morgan fingerprint density at radius 1 is 1.14 bits per heavy atom. The number of likely N-dealkylation sites (tertiary alicyclic amines) is 1. The van der Waals surface area contributed by atoms with Gasteiger partial charge in [0.2, 0.25) is 0 Å². The van der Waals surface area contributed by atoms with E-state index in [-0.39, 0.29) is 11.6 Å². The van der Waals surface area contributed by atoms with Crippen molar-refractivity contribution in [2.75, 3.05) is 18.8 Å². The van der Waals surface area contributed by atoms with Gasteiger partial charge < -0.3 is 11.5 Å². The Bertz CT molecular complexity index is 488. The van der Waals surface area contributed by atoms with Gasteiger partial charge in [0, 0.05) is 17.3 Å². The summed E-state index contributed by atoms with van der Waals surface area (Å²) in [5.74, 6) is 0.608. The lowest BCUT2D eigenvalue weighted by Gasteiger charge is -2.47. The summed E-state index contributed by atoms with van der Waals surface area (Å²) in [7, 11) is 0. The number of nitrogens with zero attached hydrogens (tertiary/aromatic N) is 2. The van der Waals surface area contributed by atoms with Gasteiger partial charge in [-0.25, -0.2) is 4.98 Å². The zero-order valence-electron chi connectivity index (χ0n) is 13.1. The zero-order valence-corrected chi connectivity index (χ0v) is 13.1. The largest absolute Gasteiger partial charge is 0.383 e. The molecule has 1 saturated heterocycles. The molecule has 21 heavy (non-hydrogen) atoms. The number of hydrogen-bond donors (Lipinski definition) is 2. The molecule has 1 aliphatic heterocycles. The maximum absolute atomic E-state index is 6.77. The smallest absolute Gasteiger partial charge is 0.128 e. The Kier molecular flexibility index (Phi) is 4.18. The molecule has 1 aliphatic carbocycles. The van der Waals surface area contributed by atoms with Crippen molar-refractivity contribution in [3.8, 4) is 0 Å². The van der Waals surface area contributed by atoms with E-state index in [9.17, 15) is 0 Å². The van der Waals surface area contributed by atoms with Gasteiger partial charge in [0.05, 0.1) is 6.04 Å². The van der Waals surface area contributed by atoms with Gasteiger partial charge in [-0.1, -0.05) is 19.3 Å². The molecule has 4 heteroatoms. The van der Waals surface area contributed by atoms with Gasteiger partial charge in [-0.2, -0.15) is 0 Å². The molecular weight excluding hydrogens is 260 g/mol. The maximum atomic E-state index is 6.77. The third-order valence-electron chi connectivity index (χ3n) is 5.46. The fourth-order valence-corrected chi connectivity index (χ4v) is 4.29. The molecule has 0 bridgehead atoms. The standard InChI is InChI=1S/C17H28N4/c1-13-11-14(16(19)20-12-13)15(18)17(7-3-4-8-17)21-9-5-2-6-10-21/h11-12,15H,2-10,18H2,1H3,(H2,19,20). The highest BCUT2D eigenvalue weighted by Crippen LogP contribution is 2.45. The van der Waals surface area contributed by atoms with E-state index in [0.29, 0.717) is 5.82 Å². The summed E-state index contributed by atoms with van der Waals surface area (Å²) in [6.45, 7) is 4.44. The minimum Gasteiger partial charge on any atom is -0.383 e. The Balaban J connectivity index is 1.94. The first kappa shape index (κ1) is 14.8. The number of aromatic nitrogens is 1. The third-order valence-corrected chi connectivity index (χ3v) is 5.46. The van der Waals surface area contributed by atoms with Crippen LogP contribution in [-0.2, 0) is 0 Å². The van der Waals surface area contributed by atoms with Crippen molar-refractivity contribution in [3.63, 3.8) is 0 Å². The molecule has 0 amide bonds. The number of anilines is 1. The lowest BCUT2D eigenvalue weighted by atomic mass is 9.81. The molecule has 0 radical (unpaired) electrons. The SMILES string of the molecule is Cc1cnc(N)c(C(N)C2(N3CCCCC3)CCCC2)c1. The monoisotopic (exact) mass is 288 g/mol. The number of aryl methyl sites for hydroxylation is 1. The molecule has 0 aromatic carbocycles. The van der Waals surface area contributed by atoms with E-state index in [1.807, 2.05) is 6.20 Å². The predicted octanol–water partition coefficient (Wildman–Crippen LogP) is 2.77. The minimum atomic E-state index is -0.0227. The van der Waals surface area contributed by atoms with Crippen molar-refractivity contribution in [3.05, 3.63) is 23.4 Å². The first-order valence-electron chi connectivity index (χ1n) is 8.36. The van der Waals surface area contributed by atoms with E-state index in [1.165, 1.54) is 58.0 Å². The topological polar surface area (TPSA) is 68.2 Å². The van der Waals surface area contributed by atoms with Crippen molar-refractivity contribution >= 4 is 5.82 Å². The van der Waals surface area contributed by atoms with Crippen LogP contribution in [0.1, 0.15) is 62.1 Å². The molecule has 4 N–H and O–H groups in total. The molecule has 1 atom stereocenters. The first-order chi connectivity index (χ1) is 10.1. The molecule has 4 nitrogen and oxygen atoms in total. The van der Waals surface area contributed by atoms with Crippen molar-refractivity contribution < 1.29 is 0 Å². The lowest BCUT2D eigenvalue weighted by Crippen LogP contribution is -2.55. The summed E-state index contributed by atoms with van der Waals surface area (Å²) >= 11 is 0. The van der Waals surface area contributed by atoms with E-state index in [4.69, 9.17) is 11.5 Å². The van der Waals surface area contributed by atoms with E-state index in [0.717, 1.165) is 11.1 Å². The van der Waals surface area contributed by atoms with E-state index >= 15 is 0 Å². The van der Waals surface area contributed by atoms with Crippen LogP contribution < -0.4 is 11.5 Å². The van der Waals surface area contributed by atoms with Gasteiger partial charge >= 0.3 is 0 Å². The van der Waals surface area contributed by atoms with Crippen LogP contribution in [0, 0.1) is 6.92 Å². The average molecular weight is 288 g/mol. The summed E-state index contributed by atoms with van der Waals surface area (Å²) in [4.78, 5) is 6.99. The first-order valence-corrected chi connectivity index (χ1v) is 8.36. The van der Waals surface area contributed by atoms with Gasteiger partial charge in [0.1, 0.15) is 5.82 Å². The number of hydrogen-bond acceptors (Lipinski definition) is 4. The van der Waals surface area contributed by atoms with E-state index in [1.54, 1.807) is 0 Å². The van der Waals surface area contributed by atoms with E-state index < -0.39 is 0 Å². The van der Waals surface area contributed by atoms with Crippen LogP contribution in [0.5, 0.6) is 0 Å². The van der Waals surface area contributed by atoms with Crippen molar-refractivity contribution in [2.24, 2.45) is 5.73 Å². The second-order valence-electron chi connectivity index (χ2n) is 6.82. The van der Waals surface area contributed by atoms with E-state index in [2.05, 4.69) is 22.9 Å². The van der Waals surface area contributed by atoms with Gasteiger partial charge in [0.25, 0.3) is 0 Å². The Hall–Kier alpha value is -1.13. The van der Waals surface area contributed by atoms with Gasteiger partial charge in [-0.3, -0.25) is 4.90 Å². The fourth-order valence-electron chi connectivity index (χ4n) is 4.29. The van der Waals surface area contributed by atoms with Crippen LogP contribution in [0.3, 0.4) is 0 Å². The molecule has 116 valence electrons. The second-order valence-corrected chi connectivity index (χ2v) is 6.82. The summed E-state index contributed by atoms with van der Waals surface area (Å²) in [5, 5.41) is 0. The summed E-state index contributed by atoms with van der Waals surface area (Å²) in [5.41, 5.74) is 15.2. The van der Waals surface area contributed by atoms with Crippen LogP contribution in [0.25, 0.3) is 0 Å². The molecule has 1 saturated carbocycles. The molecule has 2 aliphatic rings. The van der Waals surface area contributed by atoms with Crippen LogP contribution >= 0.6 is 0 Å². The van der Waals surface area contributed by atoms with Crippen LogP contribution in [0.4, 0.5) is 5.82 Å². The second kappa shape index (κ2) is 5.93. The van der Waals surface area contributed by atoms with Crippen LogP contribution in [0.15, 0.2) is 12.3 Å². The van der Waals surface area contributed by atoms with Crippen molar-refractivity contribution in [1.29, 1.82) is 0 Å². The van der Waals surface area contributed by atoms with Crippen molar-refractivity contribution in [1.82, 2.24) is 9.88 Å². The van der Waals surface area contributed by atoms with Crippen LogP contribution in [-0.4, -0.2) is 28.5 Å². The summed E-state index contributed by atoms with van der Waals surface area (Å²) < 4.78 is 0. The lowest BCUT2D eigenvalue weighted by molar-refractivity contribution is 0.0479. The normalized spacial score (nSPS) is 24.1. The molecule has 3 rings (SSSR count). The third kappa shape index (κ3) is 2.67. The molecule has 2 fully saturated rings. The van der Waals surface area contributed by atoms with Gasteiger partial charge in [-0.15, -0.1) is 0 Å². The predicted molar refractivity (Wildman–Crippen MR) is 86.9 cm³/mol. The molecule has 1 unspecified atom stereocenters. The molecule has 0 spiro atoms. The maximum Gasteiger partial charge on any atom is 0.128 e. The molecule has 2 heterocycles. The number of rotatable bonds is 3. The quantitative estimate of drug-likeness (QED) is 0.897. The zero-order chi connectivity index (χ0) is 14.9. The summed E-state index contributed by atoms with van der Waals surface area (Å²) in [6.07, 6.45) is 10.7. The number of nitrogen functional groups attached to an aromatic ring is 1. The number of pyridine rings is 1. The Labute approximate surface area is 127 Å². The summed E-state index contributed by atoms with van der Waals surface area (Å²) in [6, 6.07) is 2.11. The van der Waals surface area contributed by atoms with Crippen LogP contribution in [0.2, 0.25) is 0 Å². The van der Waals surface area contributed by atoms with Crippen molar-refractivity contribution in [2.45, 2.75) is 63.5 Å². The Morgan fingerprint density at radius 3 is 2.48 bits per heavy atom. The van der Waals surface area contributed by atoms with Gasteiger partial charge in [-0.05, 0) is 57.3 Å². The highest BCUT2D eigenvalue weighted by atomic mass is 15.2. The molecule has 1 aromatic rings. The highest BCUT2D eigenvalue weighted by Gasteiger charge is 2.45. The Morgan fingerprint density at radius 2 is 1.81 bits per heavy atom. The fraction of sp³-hybridized carbons (Fsp3) is 0.706.